The van der Waals surface area contributed by atoms with E-state index in [4.69, 9.17) is 4.74 Å². The molecular formula is C14H21F3NO3+. The molecule has 0 saturated carbocycles. The number of rotatable bonds is 1. The van der Waals surface area contributed by atoms with Crippen LogP contribution in [0.5, 0.6) is 0 Å². The maximum absolute atomic E-state index is 12.4. The summed E-state index contributed by atoms with van der Waals surface area (Å²) < 4.78 is 41.2. The highest BCUT2D eigenvalue weighted by Crippen LogP contribution is 2.31. The summed E-state index contributed by atoms with van der Waals surface area (Å²) in [5.74, 6) is -0.883. The number of carbonyl (C=O) groups is 2. The third-order valence-electron chi connectivity index (χ3n) is 3.41. The van der Waals surface area contributed by atoms with Crippen LogP contribution in [0.4, 0.5) is 18.0 Å². The molecular weight excluding hydrogens is 287 g/mol. The van der Waals surface area contributed by atoms with E-state index in [9.17, 15) is 22.8 Å². The maximum Gasteiger partial charge on any atom is 0.524 e. The minimum atomic E-state index is -4.59. The first-order valence-electron chi connectivity index (χ1n) is 6.80. The molecule has 21 heavy (non-hydrogen) atoms. The topological polar surface area (TPSA) is 43.4 Å². The van der Waals surface area contributed by atoms with Crippen LogP contribution in [0, 0.1) is 0 Å². The molecule has 0 bridgehead atoms. The number of alkyl halides is 3. The number of halogens is 3. The van der Waals surface area contributed by atoms with Gasteiger partial charge in [-0.25, -0.2) is 4.79 Å². The quantitative estimate of drug-likeness (QED) is 0.549. The Morgan fingerprint density at radius 2 is 1.81 bits per heavy atom. The van der Waals surface area contributed by atoms with Crippen molar-refractivity contribution in [1.82, 2.24) is 0 Å². The molecule has 1 fully saturated rings. The van der Waals surface area contributed by atoms with Crippen LogP contribution in [0.2, 0.25) is 0 Å². The molecule has 1 saturated heterocycles. The summed E-state index contributed by atoms with van der Waals surface area (Å²) in [6.07, 6.45) is -3.89. The van der Waals surface area contributed by atoms with E-state index in [1.54, 1.807) is 27.7 Å². The lowest BCUT2D eigenvalue weighted by Crippen LogP contribution is -2.59. The molecule has 4 nitrogen and oxygen atoms in total. The van der Waals surface area contributed by atoms with Gasteiger partial charge in [-0.15, -0.1) is 0 Å². The van der Waals surface area contributed by atoms with Gasteiger partial charge >= 0.3 is 18.2 Å². The van der Waals surface area contributed by atoms with Crippen molar-refractivity contribution >= 4 is 12.0 Å². The summed E-state index contributed by atoms with van der Waals surface area (Å²) in [6, 6.07) is -0.398. The average molecular weight is 308 g/mol. The molecule has 0 aromatic carbocycles. The number of quaternary nitrogens is 1. The number of hydrogen-bond acceptors (Lipinski definition) is 3. The Hall–Kier alpha value is -1.37. The monoisotopic (exact) mass is 308 g/mol. The van der Waals surface area contributed by atoms with Crippen molar-refractivity contribution in [3.63, 3.8) is 0 Å². The fraction of sp³-hybridized carbons (Fsp3) is 0.714. The number of hydrogen-bond donors (Lipinski definition) is 0. The lowest BCUT2D eigenvalue weighted by Gasteiger charge is -2.33. The van der Waals surface area contributed by atoms with E-state index < -0.39 is 34.3 Å². The summed E-state index contributed by atoms with van der Waals surface area (Å²) in [5.41, 5.74) is -0.807. The lowest BCUT2D eigenvalue weighted by atomic mass is 10.2. The summed E-state index contributed by atoms with van der Waals surface area (Å²) in [7, 11) is 0. The van der Waals surface area contributed by atoms with Crippen LogP contribution in [-0.2, 0) is 9.53 Å². The minimum absolute atomic E-state index is 0.134. The fourth-order valence-corrected chi connectivity index (χ4v) is 2.41. The first kappa shape index (κ1) is 17.7. The van der Waals surface area contributed by atoms with E-state index >= 15 is 0 Å². The van der Waals surface area contributed by atoms with Crippen LogP contribution in [0.25, 0.3) is 0 Å². The second-order valence-corrected chi connectivity index (χ2v) is 6.28. The lowest BCUT2D eigenvalue weighted by molar-refractivity contribution is -0.791. The molecule has 0 spiro atoms. The van der Waals surface area contributed by atoms with Gasteiger partial charge in [0.15, 0.2) is 0 Å². The second kappa shape index (κ2) is 5.79. The zero-order valence-corrected chi connectivity index (χ0v) is 12.7. The van der Waals surface area contributed by atoms with E-state index in [0.717, 1.165) is 0 Å². The van der Waals surface area contributed by atoms with Crippen LogP contribution < -0.4 is 0 Å². The highest BCUT2D eigenvalue weighted by molar-refractivity contribution is 5.89. The number of carbonyl (C=O) groups excluding carboxylic acids is 2. The van der Waals surface area contributed by atoms with Gasteiger partial charge in [0, 0.05) is 25.0 Å². The van der Waals surface area contributed by atoms with Gasteiger partial charge < -0.3 is 4.74 Å². The molecule has 0 N–H and O–H groups in total. The number of allylic oxidation sites excluding steroid dienone is 1. The van der Waals surface area contributed by atoms with E-state index in [-0.39, 0.29) is 12.6 Å². The Morgan fingerprint density at radius 1 is 1.24 bits per heavy atom. The molecule has 0 aliphatic carbocycles. The molecule has 1 unspecified atom stereocenters. The van der Waals surface area contributed by atoms with E-state index in [1.807, 2.05) is 0 Å². The fourth-order valence-electron chi connectivity index (χ4n) is 2.41. The Bertz CT molecular complexity index is 451. The number of imide groups is 1. The summed E-state index contributed by atoms with van der Waals surface area (Å²) in [4.78, 5) is 24.6. The van der Waals surface area contributed by atoms with Crippen molar-refractivity contribution < 1.29 is 32.0 Å². The largest absolute Gasteiger partial charge is 0.524 e. The third kappa shape index (κ3) is 4.30. The summed E-state index contributed by atoms with van der Waals surface area (Å²) >= 11 is 0. The molecule has 2 amide bonds. The molecule has 7 heteroatoms. The number of likely N-dealkylation sites (tertiary alicyclic amines) is 1. The van der Waals surface area contributed by atoms with Crippen molar-refractivity contribution in [3.05, 3.63) is 12.2 Å². The van der Waals surface area contributed by atoms with Crippen molar-refractivity contribution in [2.75, 3.05) is 6.54 Å². The first-order valence-corrected chi connectivity index (χ1v) is 6.80. The van der Waals surface area contributed by atoms with Crippen molar-refractivity contribution in [3.8, 4) is 0 Å². The van der Waals surface area contributed by atoms with Gasteiger partial charge in [-0.3, -0.25) is 0 Å². The Balaban J connectivity index is 3.09. The van der Waals surface area contributed by atoms with Crippen molar-refractivity contribution in [2.45, 2.75) is 58.4 Å². The van der Waals surface area contributed by atoms with Crippen LogP contribution >= 0.6 is 0 Å². The molecule has 1 heterocycles. The van der Waals surface area contributed by atoms with Gasteiger partial charge in [0.2, 0.25) is 0 Å². The van der Waals surface area contributed by atoms with Gasteiger partial charge in [0.05, 0.1) is 6.54 Å². The summed E-state index contributed by atoms with van der Waals surface area (Å²) in [6.45, 7) is 6.79. The Morgan fingerprint density at radius 3 is 2.19 bits per heavy atom. The highest BCUT2D eigenvalue weighted by Gasteiger charge is 2.54. The van der Waals surface area contributed by atoms with E-state index in [0.29, 0.717) is 18.9 Å². The normalized spacial score (nSPS) is 27.1. The molecule has 1 aliphatic heterocycles. The van der Waals surface area contributed by atoms with Gasteiger partial charge in [-0.05, 0) is 27.7 Å². The molecule has 0 radical (unpaired) electrons. The third-order valence-corrected chi connectivity index (χ3v) is 3.41. The smallest absolute Gasteiger partial charge is 0.414 e. The average Bonchev–Trinajstić information content (AvgIpc) is 2.65. The molecule has 120 valence electrons. The van der Waals surface area contributed by atoms with E-state index in [1.165, 1.54) is 0 Å². The molecule has 0 aromatic rings. The Labute approximate surface area is 122 Å². The molecule has 1 rings (SSSR count). The second-order valence-electron chi connectivity index (χ2n) is 6.28. The number of amides is 2. The first-order chi connectivity index (χ1) is 9.38. The zero-order chi connectivity index (χ0) is 16.5. The van der Waals surface area contributed by atoms with Crippen molar-refractivity contribution in [1.29, 1.82) is 0 Å². The number of nitrogens with zero attached hydrogens (tertiary/aromatic N) is 1. The number of ether oxygens (including phenoxy) is 1. The van der Waals surface area contributed by atoms with Crippen LogP contribution in [0.1, 0.15) is 40.5 Å². The molecule has 0 aromatic heterocycles. The standard InChI is InChI=1S/C14H21F3NO3/c1-10-6-5-9-18(10,12(20)21-13(2,3)4)11(19)7-8-14(15,16)17/h7-8,10H,5-6,9H2,1-4H3/q+1/t10-,18?/m1/s1. The summed E-state index contributed by atoms with van der Waals surface area (Å²) in [5, 5.41) is 0. The van der Waals surface area contributed by atoms with Gasteiger partial charge in [0.25, 0.3) is 0 Å². The molecule has 2 atom stereocenters. The van der Waals surface area contributed by atoms with Gasteiger partial charge in [-0.1, -0.05) is 0 Å². The maximum atomic E-state index is 12.4. The zero-order valence-electron chi connectivity index (χ0n) is 12.7. The molecule has 1 aliphatic rings. The predicted molar refractivity (Wildman–Crippen MR) is 70.3 cm³/mol. The Kier molecular flexibility index (Phi) is 4.87. The van der Waals surface area contributed by atoms with Crippen LogP contribution in [-0.4, -0.2) is 40.8 Å². The van der Waals surface area contributed by atoms with Gasteiger partial charge in [-0.2, -0.15) is 22.4 Å². The minimum Gasteiger partial charge on any atom is -0.414 e. The van der Waals surface area contributed by atoms with Gasteiger partial charge in [0.1, 0.15) is 11.6 Å². The van der Waals surface area contributed by atoms with Crippen molar-refractivity contribution in [2.24, 2.45) is 0 Å². The van der Waals surface area contributed by atoms with Crippen LogP contribution in [0.15, 0.2) is 12.2 Å². The van der Waals surface area contributed by atoms with Crippen LogP contribution in [0.3, 0.4) is 0 Å². The van der Waals surface area contributed by atoms with E-state index in [2.05, 4.69) is 0 Å². The highest BCUT2D eigenvalue weighted by atomic mass is 19.4. The predicted octanol–water partition coefficient (Wildman–Crippen LogP) is 3.57. The SMILES string of the molecule is C[C@@H]1CCC[N+]1(C(=O)C=CC(F)(F)F)C(=O)OC(C)(C)C.